The fourth-order valence-electron chi connectivity index (χ4n) is 12.7. The Kier molecular flexibility index (Phi) is 18.3. The van der Waals surface area contributed by atoms with Crippen molar-refractivity contribution in [2.24, 2.45) is 23.7 Å². The molecule has 0 aromatic heterocycles. The Morgan fingerprint density at radius 2 is 1.46 bits per heavy atom. The molecule has 0 radical (unpaired) electrons. The number of fused-ring (bicyclic) bond motifs is 3. The van der Waals surface area contributed by atoms with Gasteiger partial charge in [0.15, 0.2) is 26.7 Å². The number of esters is 1. The number of benzene rings is 1. The third kappa shape index (κ3) is 12.0. The minimum absolute atomic E-state index is 0.0912. The molecular weight excluding hydrogens is 1040 g/mol. The first-order valence-corrected chi connectivity index (χ1v) is 32.0. The van der Waals surface area contributed by atoms with Gasteiger partial charge in [0.25, 0.3) is 11.8 Å². The summed E-state index contributed by atoms with van der Waals surface area (Å²) < 4.78 is 73.1. The fraction of sp³-hybridized carbons (Fsp3) is 0.694. The predicted molar refractivity (Wildman–Crippen MR) is 299 cm³/mol. The van der Waals surface area contributed by atoms with Gasteiger partial charge in [0.05, 0.1) is 66.6 Å². The minimum atomic E-state index is -2.41. The van der Waals surface area contributed by atoms with Gasteiger partial charge in [-0.25, -0.2) is 0 Å². The summed E-state index contributed by atoms with van der Waals surface area (Å²) in [7, 11) is 0.782. The normalized spacial score (nSPS) is 42.0. The first-order chi connectivity index (χ1) is 37.8. The second kappa shape index (κ2) is 24.1. The van der Waals surface area contributed by atoms with Crippen LogP contribution in [-0.2, 0) is 61.4 Å². The van der Waals surface area contributed by atoms with Gasteiger partial charge >= 0.3 is 5.97 Å². The molecule has 442 valence electrons. The highest BCUT2D eigenvalue weighted by atomic mass is 28.4. The van der Waals surface area contributed by atoms with E-state index < -0.39 is 123 Å². The molecule has 1 spiro atoms. The van der Waals surface area contributed by atoms with Crippen molar-refractivity contribution in [3.8, 4) is 0 Å². The number of hydroxylamine groups is 2. The van der Waals surface area contributed by atoms with E-state index in [1.54, 1.807) is 45.4 Å². The summed E-state index contributed by atoms with van der Waals surface area (Å²) in [6.07, 6.45) is 8.55. The van der Waals surface area contributed by atoms with Gasteiger partial charge in [0.2, 0.25) is 0 Å². The molecule has 7 heterocycles. The summed E-state index contributed by atoms with van der Waals surface area (Å²) in [5.74, 6) is -3.64. The first kappa shape index (κ1) is 60.8. The quantitative estimate of drug-likeness (QED) is 0.0902. The van der Waals surface area contributed by atoms with E-state index in [1.807, 2.05) is 44.2 Å². The maximum absolute atomic E-state index is 14.9. The van der Waals surface area contributed by atoms with E-state index in [0.717, 1.165) is 22.6 Å². The van der Waals surface area contributed by atoms with Gasteiger partial charge in [-0.2, -0.15) is 0 Å². The lowest BCUT2D eigenvalue weighted by atomic mass is 9.71. The van der Waals surface area contributed by atoms with Crippen molar-refractivity contribution < 1.29 is 76.1 Å². The second-order valence-corrected chi connectivity index (χ2v) is 30.1. The van der Waals surface area contributed by atoms with E-state index in [4.69, 9.17) is 56.6 Å². The van der Waals surface area contributed by atoms with Gasteiger partial charge in [-0.3, -0.25) is 19.2 Å². The van der Waals surface area contributed by atoms with Gasteiger partial charge in [0.1, 0.15) is 35.9 Å². The lowest BCUT2D eigenvalue weighted by molar-refractivity contribution is -0.329. The van der Waals surface area contributed by atoms with Crippen molar-refractivity contribution in [2.45, 2.75) is 230 Å². The van der Waals surface area contributed by atoms with E-state index in [9.17, 15) is 19.5 Å². The summed E-state index contributed by atoms with van der Waals surface area (Å²) in [5.41, 5.74) is 1.11. The standard InChI is InChI=1S/C62H89NO16Si/c1-16-34(2)52-37(5)26-27-61(77-52)32-43-29-42(76-61)25-24-36(4)51(35(3)20-19-21-41-33-70-56-53(79-80(14,15)60(9,10)11)38(6)28-46(59(66)73-43)62(41,56)67)74-49-30-47(68-12)54(39(7)71-49)75-50-31-48(69-13)55(40(8)72-50)78-63-57(64)44-22-17-18-23-45(44)58(63)65/h17-24,26-28,34-35,37,39-40,42-43,46-56,67H,16,25,29-33H2,1-15H3/b20-19+,36-24+,41-21+/t34-,35+,37+,39+,40+,42-,43+,46+,47+,48+,49+,50+,51+,52-,53-,54+,55+,56-,61-,62-/m1/s1. The summed E-state index contributed by atoms with van der Waals surface area (Å²) >= 11 is 0. The number of carbonyl (C=O) groups is 3. The number of amides is 2. The molecule has 1 N–H and O–H groups in total. The lowest BCUT2D eigenvalue weighted by Crippen LogP contribution is -2.60. The average molecular weight is 1130 g/mol. The fourth-order valence-corrected chi connectivity index (χ4v) is 14.0. The number of rotatable bonds is 12. The van der Waals surface area contributed by atoms with Crippen LogP contribution >= 0.6 is 0 Å². The van der Waals surface area contributed by atoms with Crippen molar-refractivity contribution in [1.82, 2.24) is 5.06 Å². The zero-order chi connectivity index (χ0) is 57.8. The Balaban J connectivity index is 0.969. The highest BCUT2D eigenvalue weighted by molar-refractivity contribution is 6.74. The lowest BCUT2D eigenvalue weighted by Gasteiger charge is -2.49. The predicted octanol–water partition coefficient (Wildman–Crippen LogP) is 9.64. The monoisotopic (exact) mass is 1130 g/mol. The Bertz CT molecular complexity index is 2560. The number of nitrogens with zero attached hydrogens (tertiary/aromatic N) is 1. The minimum Gasteiger partial charge on any atom is -0.462 e. The van der Waals surface area contributed by atoms with E-state index in [0.29, 0.717) is 31.3 Å². The van der Waals surface area contributed by atoms with Crippen molar-refractivity contribution in [2.75, 3.05) is 20.8 Å². The van der Waals surface area contributed by atoms with E-state index >= 15 is 0 Å². The van der Waals surface area contributed by atoms with Gasteiger partial charge < -0.3 is 56.9 Å². The van der Waals surface area contributed by atoms with Gasteiger partial charge in [-0.1, -0.05) is 103 Å². The van der Waals surface area contributed by atoms with Crippen LogP contribution in [-0.4, -0.2) is 154 Å². The number of hydrogen-bond acceptors (Lipinski definition) is 16. The molecule has 7 aliphatic heterocycles. The van der Waals surface area contributed by atoms with Crippen LogP contribution < -0.4 is 0 Å². The molecule has 8 aliphatic rings. The third-order valence-electron chi connectivity index (χ3n) is 18.7. The highest BCUT2D eigenvalue weighted by Crippen LogP contribution is 2.50. The molecule has 2 bridgehead atoms. The molecule has 20 atom stereocenters. The van der Waals surface area contributed by atoms with Crippen LogP contribution in [0.5, 0.6) is 0 Å². The zero-order valence-electron chi connectivity index (χ0n) is 49.7. The number of hydrogen-bond donors (Lipinski definition) is 1. The van der Waals surface area contributed by atoms with Crippen LogP contribution in [0.15, 0.2) is 83.5 Å². The summed E-state index contributed by atoms with van der Waals surface area (Å²) in [4.78, 5) is 47.4. The maximum Gasteiger partial charge on any atom is 0.316 e. The Morgan fingerprint density at radius 3 is 2.10 bits per heavy atom. The van der Waals surface area contributed by atoms with Crippen LogP contribution in [0.25, 0.3) is 0 Å². The van der Waals surface area contributed by atoms with Crippen molar-refractivity contribution >= 4 is 26.1 Å². The molecule has 4 saturated heterocycles. The molecular formula is C62H89NO16Si. The number of methoxy groups -OCH3 is 2. The molecule has 9 rings (SSSR count). The smallest absolute Gasteiger partial charge is 0.316 e. The van der Waals surface area contributed by atoms with Crippen molar-refractivity contribution in [3.05, 3.63) is 94.6 Å². The SMILES string of the molecule is CC[C@@H](C)[C@H]1O[C@]2(C=C[C@@H]1C)C[C@@H]1C[C@@H](C/C=C(\C)[C@@H](O[C@H]3C[C@H](OC)[C@@H](O[C@H]4C[C@H](OC)[C@@H](ON5C(=O)c6ccccc6C5=O)[C@H](C)O4)[C@H](C)O3)[C@@H](C)/C=C/C=C3\CO[C@@H]4[C@H](O[Si](C)(C)C(C)(C)C)C(C)=C[C@@H](C(=O)O1)[C@]34O)O2. The van der Waals surface area contributed by atoms with E-state index in [-0.39, 0.29) is 53.1 Å². The van der Waals surface area contributed by atoms with Gasteiger partial charge in [-0.05, 0) is 93.1 Å². The number of carbonyl (C=O) groups excluding carboxylic acids is 3. The summed E-state index contributed by atoms with van der Waals surface area (Å²) in [6, 6.07) is 6.61. The molecule has 1 aromatic rings. The first-order valence-electron chi connectivity index (χ1n) is 29.1. The van der Waals surface area contributed by atoms with Crippen LogP contribution in [0.2, 0.25) is 18.1 Å². The number of allylic oxidation sites excluding steroid dienone is 2. The van der Waals surface area contributed by atoms with Crippen LogP contribution in [0.3, 0.4) is 0 Å². The Labute approximate surface area is 474 Å². The number of imide groups is 1. The molecule has 0 saturated carbocycles. The number of aliphatic hydroxyl groups is 1. The summed E-state index contributed by atoms with van der Waals surface area (Å²) in [6.45, 7) is 27.3. The van der Waals surface area contributed by atoms with E-state index in [2.05, 4.69) is 80.6 Å². The van der Waals surface area contributed by atoms with Crippen LogP contribution in [0.4, 0.5) is 0 Å². The Morgan fingerprint density at radius 1 is 0.825 bits per heavy atom. The maximum atomic E-state index is 14.9. The molecule has 1 aliphatic carbocycles. The highest BCUT2D eigenvalue weighted by Gasteiger charge is 2.62. The van der Waals surface area contributed by atoms with E-state index in [1.165, 1.54) is 0 Å². The Hall–Kier alpha value is -3.73. The molecule has 2 amide bonds. The number of ether oxygens (including phenoxy) is 10. The molecule has 18 heteroatoms. The second-order valence-electron chi connectivity index (χ2n) is 25.3. The largest absolute Gasteiger partial charge is 0.462 e. The molecule has 4 fully saturated rings. The van der Waals surface area contributed by atoms with Gasteiger partial charge in [0, 0.05) is 51.7 Å². The summed E-state index contributed by atoms with van der Waals surface area (Å²) in [5, 5.41) is 14.0. The molecule has 0 unspecified atom stereocenters. The molecule has 17 nitrogen and oxygen atoms in total. The van der Waals surface area contributed by atoms with Crippen LogP contribution in [0, 0.1) is 23.7 Å². The van der Waals surface area contributed by atoms with Gasteiger partial charge in [-0.15, -0.1) is 5.06 Å². The molecule has 1 aromatic carbocycles. The third-order valence-corrected chi connectivity index (χ3v) is 23.1. The van der Waals surface area contributed by atoms with Crippen molar-refractivity contribution in [3.63, 3.8) is 0 Å². The molecule has 80 heavy (non-hydrogen) atoms. The topological polar surface area (TPSA) is 185 Å². The zero-order valence-corrected chi connectivity index (χ0v) is 50.7. The average Bonchev–Trinajstić information content (AvgIpc) is 4.02. The van der Waals surface area contributed by atoms with Crippen LogP contribution in [0.1, 0.15) is 135 Å². The van der Waals surface area contributed by atoms with Crippen molar-refractivity contribution in [1.29, 1.82) is 0 Å².